The minimum atomic E-state index is -1.16. The number of hydrogen-bond acceptors (Lipinski definition) is 8. The molecule has 36 heavy (non-hydrogen) atoms. The van der Waals surface area contributed by atoms with E-state index in [4.69, 9.17) is 14.3 Å². The first-order chi connectivity index (χ1) is 17.4. The number of hydrogen-bond donors (Lipinski definition) is 0. The number of nitrogens with zero attached hydrogens (tertiary/aromatic N) is 3. The molecule has 3 aromatic rings. The van der Waals surface area contributed by atoms with E-state index >= 15 is 0 Å². The molecule has 0 saturated carbocycles. The molecule has 3 aromatic carbocycles. The van der Waals surface area contributed by atoms with E-state index in [2.05, 4.69) is 0 Å². The van der Waals surface area contributed by atoms with Gasteiger partial charge in [-0.3, -0.25) is 24.5 Å². The van der Waals surface area contributed by atoms with Gasteiger partial charge in [-0.15, -0.1) is 0 Å². The number of carbonyl (C=O) groups excluding carboxylic acids is 2. The normalized spacial score (nSPS) is 21.0. The van der Waals surface area contributed by atoms with Crippen LogP contribution in [-0.4, -0.2) is 37.1 Å². The first-order valence-electron chi connectivity index (χ1n) is 11.2. The van der Waals surface area contributed by atoms with Crippen molar-refractivity contribution in [3.63, 3.8) is 0 Å². The van der Waals surface area contributed by atoms with Crippen LogP contribution in [0.1, 0.15) is 17.2 Å². The van der Waals surface area contributed by atoms with Crippen molar-refractivity contribution in [3.05, 3.63) is 88.0 Å². The molecule has 184 valence electrons. The number of anilines is 2. The molecule has 10 nitrogen and oxygen atoms in total. The van der Waals surface area contributed by atoms with Crippen molar-refractivity contribution in [2.75, 3.05) is 24.2 Å². The van der Waals surface area contributed by atoms with Crippen molar-refractivity contribution in [1.82, 2.24) is 0 Å². The summed E-state index contributed by atoms with van der Waals surface area (Å²) in [5.74, 6) is -1.63. The molecular formula is C26H23N3O7. The molecule has 0 N–H and O–H groups in total. The van der Waals surface area contributed by atoms with Crippen LogP contribution in [0.4, 0.5) is 17.1 Å². The van der Waals surface area contributed by atoms with Gasteiger partial charge in [0.05, 0.1) is 42.1 Å². The molecule has 2 saturated heterocycles. The van der Waals surface area contributed by atoms with Crippen LogP contribution in [0, 0.1) is 23.0 Å². The van der Waals surface area contributed by atoms with Gasteiger partial charge in [0.25, 0.3) is 11.6 Å². The van der Waals surface area contributed by atoms with Crippen LogP contribution in [0.2, 0.25) is 0 Å². The second-order valence-corrected chi connectivity index (χ2v) is 8.48. The van der Waals surface area contributed by atoms with Gasteiger partial charge >= 0.3 is 0 Å². The van der Waals surface area contributed by atoms with Gasteiger partial charge in [-0.2, -0.15) is 0 Å². The van der Waals surface area contributed by atoms with Crippen LogP contribution in [0.3, 0.4) is 0 Å². The first-order valence-corrected chi connectivity index (χ1v) is 11.2. The number of hydroxylamine groups is 1. The Morgan fingerprint density at radius 2 is 1.56 bits per heavy atom. The maximum atomic E-state index is 13.8. The lowest BCUT2D eigenvalue weighted by Gasteiger charge is -2.29. The molecule has 0 aliphatic carbocycles. The SMILES string of the molecule is COc1cc([C@@H]2[C@H]3C(=O)N(c4ccccc4C)C(=O)[C@H]3ON2c2ccccc2)c([N+](=O)[O-])cc1OC. The van der Waals surface area contributed by atoms with Crippen molar-refractivity contribution in [1.29, 1.82) is 0 Å². The lowest BCUT2D eigenvalue weighted by Crippen LogP contribution is -2.37. The number of carbonyl (C=O) groups is 2. The zero-order valence-electron chi connectivity index (χ0n) is 19.8. The van der Waals surface area contributed by atoms with Crippen molar-refractivity contribution in [2.24, 2.45) is 5.92 Å². The average Bonchev–Trinajstić information content (AvgIpc) is 3.39. The van der Waals surface area contributed by atoms with Crippen LogP contribution >= 0.6 is 0 Å². The number of rotatable bonds is 6. The van der Waals surface area contributed by atoms with E-state index in [1.165, 1.54) is 31.4 Å². The quantitative estimate of drug-likeness (QED) is 0.291. The van der Waals surface area contributed by atoms with Crippen molar-refractivity contribution in [2.45, 2.75) is 19.1 Å². The lowest BCUT2D eigenvalue weighted by atomic mass is 9.89. The maximum absolute atomic E-state index is 13.8. The molecular weight excluding hydrogens is 466 g/mol. The Bertz CT molecular complexity index is 1360. The summed E-state index contributed by atoms with van der Waals surface area (Å²) in [5, 5.41) is 13.6. The Labute approximate surface area is 206 Å². The summed E-state index contributed by atoms with van der Waals surface area (Å²) in [5.41, 5.74) is 1.63. The third-order valence-corrected chi connectivity index (χ3v) is 6.53. The molecule has 0 unspecified atom stereocenters. The fraction of sp³-hybridized carbons (Fsp3) is 0.231. The van der Waals surface area contributed by atoms with Gasteiger partial charge in [0.1, 0.15) is 12.0 Å². The molecule has 10 heteroatoms. The third-order valence-electron chi connectivity index (χ3n) is 6.53. The van der Waals surface area contributed by atoms with Crippen molar-refractivity contribution >= 4 is 28.9 Å². The minimum absolute atomic E-state index is 0.168. The second-order valence-electron chi connectivity index (χ2n) is 8.48. The van der Waals surface area contributed by atoms with Crippen molar-refractivity contribution in [3.8, 4) is 11.5 Å². The molecule has 0 spiro atoms. The Kier molecular flexibility index (Phi) is 5.81. The summed E-state index contributed by atoms with van der Waals surface area (Å²) in [7, 11) is 2.80. The zero-order valence-corrected chi connectivity index (χ0v) is 19.8. The molecule has 2 amide bonds. The molecule has 0 bridgehead atoms. The van der Waals surface area contributed by atoms with Gasteiger partial charge in [0.2, 0.25) is 5.91 Å². The van der Waals surface area contributed by atoms with Crippen LogP contribution < -0.4 is 19.4 Å². The Morgan fingerprint density at radius 1 is 0.917 bits per heavy atom. The highest BCUT2D eigenvalue weighted by molar-refractivity contribution is 6.24. The highest BCUT2D eigenvalue weighted by Gasteiger charge is 2.61. The fourth-order valence-electron chi connectivity index (χ4n) is 4.86. The van der Waals surface area contributed by atoms with Gasteiger partial charge in [-0.25, -0.2) is 9.96 Å². The molecule has 5 rings (SSSR count). The molecule has 0 aromatic heterocycles. The number of fused-ring (bicyclic) bond motifs is 1. The number of benzene rings is 3. The number of amides is 2. The summed E-state index contributed by atoms with van der Waals surface area (Å²) in [4.78, 5) is 46.2. The third kappa shape index (κ3) is 3.54. The van der Waals surface area contributed by atoms with Crippen LogP contribution in [0.5, 0.6) is 11.5 Å². The van der Waals surface area contributed by atoms with Crippen LogP contribution in [-0.2, 0) is 14.4 Å². The molecule has 2 aliphatic heterocycles. The van der Waals surface area contributed by atoms with E-state index in [9.17, 15) is 19.7 Å². The standard InChI is InChI=1S/C26H23N3O7/c1-15-9-7-8-12-18(15)27-25(30)22-23(17-13-20(34-2)21(35-3)14-19(17)29(32)33)28(36-24(22)26(27)31)16-10-5-4-6-11-16/h4-14,22-24H,1-3H3/t22-,23-,24+/m1/s1. The first kappa shape index (κ1) is 23.3. The monoisotopic (exact) mass is 489 g/mol. The highest BCUT2D eigenvalue weighted by atomic mass is 16.7. The number of ether oxygens (including phenoxy) is 2. The van der Waals surface area contributed by atoms with Gasteiger partial charge in [0, 0.05) is 0 Å². The Morgan fingerprint density at radius 3 is 2.19 bits per heavy atom. The minimum Gasteiger partial charge on any atom is -0.493 e. The largest absolute Gasteiger partial charge is 0.493 e. The molecule has 2 fully saturated rings. The van der Waals surface area contributed by atoms with E-state index in [0.29, 0.717) is 11.4 Å². The summed E-state index contributed by atoms with van der Waals surface area (Å²) in [6, 6.07) is 17.6. The van der Waals surface area contributed by atoms with Gasteiger partial charge < -0.3 is 9.47 Å². The number of imide groups is 1. The molecule has 2 heterocycles. The van der Waals surface area contributed by atoms with Crippen LogP contribution in [0.15, 0.2) is 66.7 Å². The number of nitro benzene ring substituents is 1. The lowest BCUT2D eigenvalue weighted by molar-refractivity contribution is -0.385. The summed E-state index contributed by atoms with van der Waals surface area (Å²) in [6.07, 6.45) is -1.16. The topological polar surface area (TPSA) is 111 Å². The van der Waals surface area contributed by atoms with E-state index in [0.717, 1.165) is 10.5 Å². The van der Waals surface area contributed by atoms with Crippen LogP contribution in [0.25, 0.3) is 0 Å². The molecule has 2 aliphatic rings. The summed E-state index contributed by atoms with van der Waals surface area (Å²) >= 11 is 0. The van der Waals surface area contributed by atoms with E-state index in [1.54, 1.807) is 49.4 Å². The Balaban J connectivity index is 1.70. The predicted octanol–water partition coefficient (Wildman–Crippen LogP) is 3.97. The molecule has 0 radical (unpaired) electrons. The summed E-state index contributed by atoms with van der Waals surface area (Å²) < 4.78 is 10.7. The number of nitro groups is 1. The summed E-state index contributed by atoms with van der Waals surface area (Å²) in [6.45, 7) is 1.80. The maximum Gasteiger partial charge on any atom is 0.278 e. The average molecular weight is 489 g/mol. The smallest absolute Gasteiger partial charge is 0.278 e. The number of methoxy groups -OCH3 is 2. The number of aryl methyl sites for hydroxylation is 1. The number of para-hydroxylation sites is 2. The zero-order chi connectivity index (χ0) is 25.6. The van der Waals surface area contributed by atoms with E-state index in [-0.39, 0.29) is 22.7 Å². The van der Waals surface area contributed by atoms with Crippen molar-refractivity contribution < 1.29 is 28.8 Å². The predicted molar refractivity (Wildman–Crippen MR) is 130 cm³/mol. The Hall–Kier alpha value is -4.44. The van der Waals surface area contributed by atoms with Gasteiger partial charge in [-0.05, 0) is 36.8 Å². The van der Waals surface area contributed by atoms with Gasteiger partial charge in [0.15, 0.2) is 17.6 Å². The van der Waals surface area contributed by atoms with E-state index in [1.807, 2.05) is 12.1 Å². The molecule has 3 atom stereocenters. The van der Waals surface area contributed by atoms with E-state index < -0.39 is 34.8 Å². The fourth-order valence-corrected chi connectivity index (χ4v) is 4.86. The second kappa shape index (κ2) is 8.97. The highest BCUT2D eigenvalue weighted by Crippen LogP contribution is 2.51. The van der Waals surface area contributed by atoms with Gasteiger partial charge in [-0.1, -0.05) is 36.4 Å².